The molecule has 0 bridgehead atoms. The maximum Gasteiger partial charge on any atom is 0.408 e. The van der Waals surface area contributed by atoms with Gasteiger partial charge >= 0.3 is 12.1 Å². The Labute approximate surface area is 135 Å². The van der Waals surface area contributed by atoms with Crippen molar-refractivity contribution in [2.24, 2.45) is 0 Å². The Hall–Kier alpha value is -2.08. The topological polar surface area (TPSA) is 73.9 Å². The standard InChI is InChI=1S/C17H21NO5/c1-12-14(15(19)22-12)18-16(20)23-17(10-21-11-17)9-5-8-13-6-3-2-4-7-13/h2-4,6-7,12,14H,5,8-11H2,1H3,(H,18,20). The average Bonchev–Trinajstić information content (AvgIpc) is 2.51. The minimum absolute atomic E-state index is 0.304. The summed E-state index contributed by atoms with van der Waals surface area (Å²) in [6.45, 7) is 2.54. The Morgan fingerprint density at radius 1 is 1.35 bits per heavy atom. The van der Waals surface area contributed by atoms with Gasteiger partial charge in [0.1, 0.15) is 6.10 Å². The predicted molar refractivity (Wildman–Crippen MR) is 81.9 cm³/mol. The molecule has 3 rings (SSSR count). The van der Waals surface area contributed by atoms with Gasteiger partial charge in [0.25, 0.3) is 0 Å². The van der Waals surface area contributed by atoms with Crippen molar-refractivity contribution in [3.63, 3.8) is 0 Å². The van der Waals surface area contributed by atoms with Crippen LogP contribution >= 0.6 is 0 Å². The summed E-state index contributed by atoms with van der Waals surface area (Å²) in [5, 5.41) is 2.56. The minimum atomic E-state index is -0.607. The zero-order valence-electron chi connectivity index (χ0n) is 13.1. The molecule has 2 heterocycles. The minimum Gasteiger partial charge on any atom is -0.458 e. The number of amides is 1. The van der Waals surface area contributed by atoms with Gasteiger partial charge in [-0.25, -0.2) is 9.59 Å². The number of nitrogens with one attached hydrogen (secondary N) is 1. The smallest absolute Gasteiger partial charge is 0.408 e. The molecule has 1 aromatic rings. The first-order valence-corrected chi connectivity index (χ1v) is 7.90. The number of hydrogen-bond acceptors (Lipinski definition) is 5. The third-order valence-corrected chi connectivity index (χ3v) is 4.28. The number of ether oxygens (including phenoxy) is 3. The van der Waals surface area contributed by atoms with Crippen LogP contribution in [-0.2, 0) is 25.4 Å². The highest BCUT2D eigenvalue weighted by Gasteiger charge is 2.45. The fourth-order valence-electron chi connectivity index (χ4n) is 2.82. The maximum absolute atomic E-state index is 12.0. The van der Waals surface area contributed by atoms with E-state index in [2.05, 4.69) is 17.4 Å². The number of rotatable bonds is 6. The van der Waals surface area contributed by atoms with Crippen LogP contribution < -0.4 is 5.32 Å². The molecule has 6 heteroatoms. The SMILES string of the molecule is CC1OC(=O)C1NC(=O)OC1(CCCc2ccccc2)COC1. The van der Waals surface area contributed by atoms with Crippen molar-refractivity contribution >= 4 is 12.1 Å². The Kier molecular flexibility index (Phi) is 4.52. The second-order valence-corrected chi connectivity index (χ2v) is 6.17. The van der Waals surface area contributed by atoms with Crippen LogP contribution in [0.4, 0.5) is 4.79 Å². The number of carbonyl (C=O) groups is 2. The first-order valence-electron chi connectivity index (χ1n) is 7.90. The second kappa shape index (κ2) is 6.58. The molecule has 1 aromatic carbocycles. The lowest BCUT2D eigenvalue weighted by Crippen LogP contribution is -2.61. The maximum atomic E-state index is 12.0. The summed E-state index contributed by atoms with van der Waals surface area (Å²) < 4.78 is 15.6. The molecule has 124 valence electrons. The summed E-state index contributed by atoms with van der Waals surface area (Å²) in [6, 6.07) is 9.58. The zero-order valence-corrected chi connectivity index (χ0v) is 13.1. The Morgan fingerprint density at radius 3 is 2.65 bits per heavy atom. The molecule has 2 aliphatic rings. The molecule has 2 fully saturated rings. The van der Waals surface area contributed by atoms with Crippen molar-refractivity contribution < 1.29 is 23.8 Å². The molecule has 2 saturated heterocycles. The number of alkyl carbamates (subject to hydrolysis) is 1. The molecule has 1 amide bonds. The summed E-state index contributed by atoms with van der Waals surface area (Å²) in [7, 11) is 0. The van der Waals surface area contributed by atoms with Crippen LogP contribution in [-0.4, -0.2) is 43.0 Å². The van der Waals surface area contributed by atoms with Gasteiger partial charge in [-0.2, -0.15) is 0 Å². The van der Waals surface area contributed by atoms with Gasteiger partial charge in [-0.1, -0.05) is 30.3 Å². The highest BCUT2D eigenvalue weighted by Crippen LogP contribution is 2.28. The van der Waals surface area contributed by atoms with E-state index in [-0.39, 0.29) is 6.10 Å². The van der Waals surface area contributed by atoms with Gasteiger partial charge in [0.2, 0.25) is 0 Å². The van der Waals surface area contributed by atoms with Gasteiger partial charge in [0, 0.05) is 0 Å². The molecular formula is C17H21NO5. The fourth-order valence-corrected chi connectivity index (χ4v) is 2.82. The van der Waals surface area contributed by atoms with E-state index < -0.39 is 23.7 Å². The highest BCUT2D eigenvalue weighted by molar-refractivity contribution is 5.86. The van der Waals surface area contributed by atoms with E-state index >= 15 is 0 Å². The third kappa shape index (κ3) is 3.64. The first-order chi connectivity index (χ1) is 11.1. The summed E-state index contributed by atoms with van der Waals surface area (Å²) in [5.74, 6) is -0.419. The molecule has 1 N–H and O–H groups in total. The zero-order chi connectivity index (χ0) is 16.3. The van der Waals surface area contributed by atoms with E-state index in [9.17, 15) is 9.59 Å². The Bertz CT molecular complexity index is 570. The monoisotopic (exact) mass is 319 g/mol. The number of aryl methyl sites for hydroxylation is 1. The van der Waals surface area contributed by atoms with Gasteiger partial charge in [0.05, 0.1) is 13.2 Å². The lowest BCUT2D eigenvalue weighted by atomic mass is 9.93. The quantitative estimate of drug-likeness (QED) is 0.810. The molecule has 23 heavy (non-hydrogen) atoms. The largest absolute Gasteiger partial charge is 0.458 e. The lowest BCUT2D eigenvalue weighted by Gasteiger charge is -2.41. The van der Waals surface area contributed by atoms with Crippen molar-refractivity contribution in [3.8, 4) is 0 Å². The number of hydrogen-bond donors (Lipinski definition) is 1. The molecule has 0 spiro atoms. The van der Waals surface area contributed by atoms with Crippen molar-refractivity contribution in [3.05, 3.63) is 35.9 Å². The normalized spacial score (nSPS) is 24.8. The molecule has 0 aromatic heterocycles. The van der Waals surface area contributed by atoms with Gasteiger partial charge in [-0.15, -0.1) is 0 Å². The van der Waals surface area contributed by atoms with E-state index in [1.165, 1.54) is 5.56 Å². The third-order valence-electron chi connectivity index (χ3n) is 4.28. The molecule has 0 aliphatic carbocycles. The van der Waals surface area contributed by atoms with Crippen LogP contribution in [0.2, 0.25) is 0 Å². The van der Waals surface area contributed by atoms with E-state index in [1.807, 2.05) is 18.2 Å². The van der Waals surface area contributed by atoms with E-state index in [0.717, 1.165) is 19.3 Å². The van der Waals surface area contributed by atoms with Crippen molar-refractivity contribution in [1.29, 1.82) is 0 Å². The molecule has 2 atom stereocenters. The predicted octanol–water partition coefficient (Wildman–Crippen LogP) is 1.82. The molecule has 2 unspecified atom stereocenters. The van der Waals surface area contributed by atoms with Gasteiger partial charge < -0.3 is 19.5 Å². The summed E-state index contributed by atoms with van der Waals surface area (Å²) >= 11 is 0. The first kappa shape index (κ1) is 15.8. The van der Waals surface area contributed by atoms with Crippen LogP contribution in [0.15, 0.2) is 30.3 Å². The van der Waals surface area contributed by atoms with Crippen LogP contribution in [0.1, 0.15) is 25.3 Å². The van der Waals surface area contributed by atoms with Gasteiger partial charge in [-0.3, -0.25) is 0 Å². The van der Waals surface area contributed by atoms with Crippen LogP contribution in [0.3, 0.4) is 0 Å². The van der Waals surface area contributed by atoms with Crippen molar-refractivity contribution in [2.45, 2.75) is 43.9 Å². The average molecular weight is 319 g/mol. The molecule has 6 nitrogen and oxygen atoms in total. The van der Waals surface area contributed by atoms with E-state index in [0.29, 0.717) is 13.2 Å². The Morgan fingerprint density at radius 2 is 2.09 bits per heavy atom. The van der Waals surface area contributed by atoms with Crippen molar-refractivity contribution in [1.82, 2.24) is 5.32 Å². The summed E-state index contributed by atoms with van der Waals surface area (Å²) in [5.41, 5.74) is 0.689. The van der Waals surface area contributed by atoms with Gasteiger partial charge in [0.15, 0.2) is 11.6 Å². The van der Waals surface area contributed by atoms with E-state index in [4.69, 9.17) is 14.2 Å². The molecule has 0 radical (unpaired) electrons. The van der Waals surface area contributed by atoms with Crippen molar-refractivity contribution in [2.75, 3.05) is 13.2 Å². The number of esters is 1. The van der Waals surface area contributed by atoms with Crippen LogP contribution in [0.5, 0.6) is 0 Å². The lowest BCUT2D eigenvalue weighted by molar-refractivity contribution is -0.187. The molecular weight excluding hydrogens is 298 g/mol. The van der Waals surface area contributed by atoms with Gasteiger partial charge in [-0.05, 0) is 31.7 Å². The summed E-state index contributed by atoms with van der Waals surface area (Å²) in [6.07, 6.45) is 1.69. The summed E-state index contributed by atoms with van der Waals surface area (Å²) in [4.78, 5) is 23.2. The van der Waals surface area contributed by atoms with Crippen LogP contribution in [0.25, 0.3) is 0 Å². The second-order valence-electron chi connectivity index (χ2n) is 6.17. The Balaban J connectivity index is 1.46. The van der Waals surface area contributed by atoms with E-state index in [1.54, 1.807) is 6.92 Å². The number of benzene rings is 1. The fraction of sp³-hybridized carbons (Fsp3) is 0.529. The molecule has 0 saturated carbocycles. The molecule has 2 aliphatic heterocycles. The highest BCUT2D eigenvalue weighted by atomic mass is 16.6. The van der Waals surface area contributed by atoms with Crippen LogP contribution in [0, 0.1) is 0 Å². The number of carbonyl (C=O) groups excluding carboxylic acids is 2. The number of cyclic esters (lactones) is 1.